The minimum absolute atomic E-state index is 0.377. The fourth-order valence-electron chi connectivity index (χ4n) is 3.26. The van der Waals surface area contributed by atoms with Gasteiger partial charge in [0.1, 0.15) is 5.01 Å². The molecule has 3 heterocycles. The Morgan fingerprint density at radius 1 is 1.23 bits per heavy atom. The Bertz CT molecular complexity index is 431. The second kappa shape index (κ2) is 7.84. The van der Waals surface area contributed by atoms with Crippen LogP contribution >= 0.6 is 11.3 Å². The van der Waals surface area contributed by atoms with Crippen molar-refractivity contribution in [2.45, 2.75) is 32.5 Å². The maximum absolute atomic E-state index is 5.97. The van der Waals surface area contributed by atoms with Crippen LogP contribution in [0.4, 0.5) is 0 Å². The number of ether oxygens (including phenoxy) is 1. The molecular formula is C16H28N4OS. The van der Waals surface area contributed by atoms with Crippen molar-refractivity contribution in [1.29, 1.82) is 0 Å². The van der Waals surface area contributed by atoms with Gasteiger partial charge in [-0.15, -0.1) is 11.3 Å². The van der Waals surface area contributed by atoms with Gasteiger partial charge in [-0.3, -0.25) is 14.7 Å². The second-order valence-electron chi connectivity index (χ2n) is 6.58. The standard InChI is InChI=1S/C16H28N4OS/c1-14(2)20-8-9-21-15(12-20)11-18-4-6-19(7-5-18)13-16-17-3-10-22-16/h3,10,14-15H,4-9,11-13H2,1-2H3. The second-order valence-corrected chi connectivity index (χ2v) is 7.56. The van der Waals surface area contributed by atoms with Crippen LogP contribution in [0.1, 0.15) is 18.9 Å². The lowest BCUT2D eigenvalue weighted by Gasteiger charge is -2.40. The number of nitrogens with zero attached hydrogens (tertiary/aromatic N) is 4. The summed E-state index contributed by atoms with van der Waals surface area (Å²) in [5, 5.41) is 3.29. The highest BCUT2D eigenvalue weighted by molar-refractivity contribution is 7.09. The minimum Gasteiger partial charge on any atom is -0.374 e. The molecule has 0 N–H and O–H groups in total. The number of piperazine rings is 1. The van der Waals surface area contributed by atoms with Crippen molar-refractivity contribution in [3.8, 4) is 0 Å². The fraction of sp³-hybridized carbons (Fsp3) is 0.812. The number of hydrogen-bond acceptors (Lipinski definition) is 6. The molecule has 1 atom stereocenters. The zero-order chi connectivity index (χ0) is 15.4. The molecular weight excluding hydrogens is 296 g/mol. The maximum Gasteiger partial charge on any atom is 0.107 e. The Morgan fingerprint density at radius 2 is 2.00 bits per heavy atom. The van der Waals surface area contributed by atoms with Crippen molar-refractivity contribution in [1.82, 2.24) is 19.7 Å². The first-order chi connectivity index (χ1) is 10.7. The predicted molar refractivity (Wildman–Crippen MR) is 90.3 cm³/mol. The van der Waals surface area contributed by atoms with Gasteiger partial charge in [-0.2, -0.15) is 0 Å². The Labute approximate surface area is 137 Å². The van der Waals surface area contributed by atoms with E-state index in [1.165, 1.54) is 5.01 Å². The molecule has 1 aromatic heterocycles. The third-order valence-corrected chi connectivity index (χ3v) is 5.43. The van der Waals surface area contributed by atoms with E-state index in [0.29, 0.717) is 12.1 Å². The lowest BCUT2D eigenvalue weighted by molar-refractivity contribution is -0.0565. The van der Waals surface area contributed by atoms with Crippen molar-refractivity contribution in [2.75, 3.05) is 52.4 Å². The smallest absolute Gasteiger partial charge is 0.107 e. The molecule has 0 aromatic carbocycles. The largest absolute Gasteiger partial charge is 0.374 e. The fourth-order valence-corrected chi connectivity index (χ4v) is 3.92. The Morgan fingerprint density at radius 3 is 2.68 bits per heavy atom. The van der Waals surface area contributed by atoms with Crippen LogP contribution in [-0.2, 0) is 11.3 Å². The molecule has 0 amide bonds. The Kier molecular flexibility index (Phi) is 5.82. The quantitative estimate of drug-likeness (QED) is 0.817. The first kappa shape index (κ1) is 16.3. The summed E-state index contributed by atoms with van der Waals surface area (Å²) in [6, 6.07) is 0.626. The normalized spacial score (nSPS) is 25.9. The van der Waals surface area contributed by atoms with Crippen LogP contribution in [0.25, 0.3) is 0 Å². The SMILES string of the molecule is CC(C)N1CCOC(CN2CCN(Cc3nccs3)CC2)C1. The number of morpholine rings is 1. The molecule has 22 heavy (non-hydrogen) atoms. The van der Waals surface area contributed by atoms with E-state index in [1.807, 2.05) is 6.20 Å². The van der Waals surface area contributed by atoms with Gasteiger partial charge in [0, 0.05) is 63.4 Å². The zero-order valence-electron chi connectivity index (χ0n) is 13.8. The third kappa shape index (κ3) is 4.49. The van der Waals surface area contributed by atoms with Gasteiger partial charge in [-0.05, 0) is 13.8 Å². The molecule has 124 valence electrons. The van der Waals surface area contributed by atoms with Gasteiger partial charge in [0.25, 0.3) is 0 Å². The van der Waals surface area contributed by atoms with E-state index in [2.05, 4.69) is 38.9 Å². The Balaban J connectivity index is 1.40. The lowest BCUT2D eigenvalue weighted by Crippen LogP contribution is -2.53. The molecule has 0 saturated carbocycles. The molecule has 0 spiro atoms. The van der Waals surface area contributed by atoms with E-state index in [1.54, 1.807) is 11.3 Å². The van der Waals surface area contributed by atoms with Crippen molar-refractivity contribution < 1.29 is 4.74 Å². The number of hydrogen-bond donors (Lipinski definition) is 0. The average molecular weight is 324 g/mol. The van der Waals surface area contributed by atoms with E-state index >= 15 is 0 Å². The lowest BCUT2D eigenvalue weighted by atomic mass is 10.2. The molecule has 2 aliphatic heterocycles. The average Bonchev–Trinajstić information content (AvgIpc) is 3.02. The summed E-state index contributed by atoms with van der Waals surface area (Å²) >= 11 is 1.76. The molecule has 1 aromatic rings. The molecule has 0 radical (unpaired) electrons. The van der Waals surface area contributed by atoms with Crippen LogP contribution in [0.15, 0.2) is 11.6 Å². The molecule has 2 aliphatic rings. The highest BCUT2D eigenvalue weighted by Gasteiger charge is 2.26. The zero-order valence-corrected chi connectivity index (χ0v) is 14.6. The van der Waals surface area contributed by atoms with Gasteiger partial charge in [0.2, 0.25) is 0 Å². The molecule has 2 fully saturated rings. The van der Waals surface area contributed by atoms with E-state index in [9.17, 15) is 0 Å². The number of thiazole rings is 1. The van der Waals surface area contributed by atoms with E-state index < -0.39 is 0 Å². The molecule has 0 aliphatic carbocycles. The topological polar surface area (TPSA) is 31.8 Å². The molecule has 2 saturated heterocycles. The van der Waals surface area contributed by atoms with Gasteiger partial charge in [-0.25, -0.2) is 4.98 Å². The summed E-state index contributed by atoms with van der Waals surface area (Å²) in [4.78, 5) is 12.0. The minimum atomic E-state index is 0.377. The van der Waals surface area contributed by atoms with Crippen LogP contribution in [0.2, 0.25) is 0 Å². The van der Waals surface area contributed by atoms with Gasteiger partial charge in [0.05, 0.1) is 19.3 Å². The summed E-state index contributed by atoms with van der Waals surface area (Å²) in [5.74, 6) is 0. The van der Waals surface area contributed by atoms with Crippen molar-refractivity contribution in [3.63, 3.8) is 0 Å². The summed E-state index contributed by atoms with van der Waals surface area (Å²) in [5.41, 5.74) is 0. The van der Waals surface area contributed by atoms with Crippen LogP contribution in [0, 0.1) is 0 Å². The number of aromatic nitrogens is 1. The predicted octanol–water partition coefficient (Wildman–Crippen LogP) is 1.37. The first-order valence-electron chi connectivity index (χ1n) is 8.39. The summed E-state index contributed by atoms with van der Waals surface area (Å²) in [6.07, 6.45) is 2.28. The summed E-state index contributed by atoms with van der Waals surface area (Å²) < 4.78 is 5.97. The van der Waals surface area contributed by atoms with Gasteiger partial charge in [0.15, 0.2) is 0 Å². The molecule has 3 rings (SSSR count). The highest BCUT2D eigenvalue weighted by Crippen LogP contribution is 2.13. The van der Waals surface area contributed by atoms with Crippen molar-refractivity contribution >= 4 is 11.3 Å². The molecule has 6 heteroatoms. The van der Waals surface area contributed by atoms with E-state index in [-0.39, 0.29) is 0 Å². The molecule has 0 bridgehead atoms. The Hall–Kier alpha value is -0.530. The van der Waals surface area contributed by atoms with Crippen LogP contribution < -0.4 is 0 Å². The maximum atomic E-state index is 5.97. The molecule has 5 nitrogen and oxygen atoms in total. The van der Waals surface area contributed by atoms with Crippen molar-refractivity contribution in [3.05, 3.63) is 16.6 Å². The van der Waals surface area contributed by atoms with E-state index in [0.717, 1.165) is 59.0 Å². The van der Waals surface area contributed by atoms with Gasteiger partial charge >= 0.3 is 0 Å². The van der Waals surface area contributed by atoms with Gasteiger partial charge < -0.3 is 4.74 Å². The summed E-state index contributed by atoms with van der Waals surface area (Å²) in [7, 11) is 0. The van der Waals surface area contributed by atoms with Crippen LogP contribution in [0.5, 0.6) is 0 Å². The summed E-state index contributed by atoms with van der Waals surface area (Å²) in [6.45, 7) is 14.3. The van der Waals surface area contributed by atoms with Crippen LogP contribution in [0.3, 0.4) is 0 Å². The highest BCUT2D eigenvalue weighted by atomic mass is 32.1. The van der Waals surface area contributed by atoms with Crippen LogP contribution in [-0.4, -0.2) is 84.2 Å². The van der Waals surface area contributed by atoms with Gasteiger partial charge in [-0.1, -0.05) is 0 Å². The first-order valence-corrected chi connectivity index (χ1v) is 9.27. The number of rotatable bonds is 5. The monoisotopic (exact) mass is 324 g/mol. The van der Waals surface area contributed by atoms with Crippen molar-refractivity contribution in [2.24, 2.45) is 0 Å². The third-order valence-electron chi connectivity index (χ3n) is 4.67. The molecule has 1 unspecified atom stereocenters. The van der Waals surface area contributed by atoms with E-state index in [4.69, 9.17) is 4.74 Å².